The molecule has 5 rings (SSSR count). The molecule has 0 N–H and O–H groups in total. The molecule has 30 heavy (non-hydrogen) atoms. The number of hydrogen-bond acceptors (Lipinski definition) is 4. The molecule has 2 saturated heterocycles. The van der Waals surface area contributed by atoms with Crippen molar-refractivity contribution in [3.8, 4) is 0 Å². The van der Waals surface area contributed by atoms with Gasteiger partial charge in [-0.2, -0.15) is 0 Å². The van der Waals surface area contributed by atoms with Crippen LogP contribution in [-0.2, 0) is 14.4 Å². The molecule has 2 aliphatic rings. The Balaban J connectivity index is 1.59. The minimum Gasteiger partial charge on any atom is -0.273 e. The highest BCUT2D eigenvalue weighted by atomic mass is 127. The van der Waals surface area contributed by atoms with Crippen LogP contribution in [0.25, 0.3) is 0 Å². The van der Waals surface area contributed by atoms with Crippen molar-refractivity contribution in [2.45, 2.75) is 12.1 Å². The Morgan fingerprint density at radius 2 is 1.57 bits per heavy atom. The predicted molar refractivity (Wildman–Crippen MR) is 126 cm³/mol. The molecular formula is C23H16BrIN2O3. The fraction of sp³-hybridized carbons (Fsp3) is 0.130. The van der Waals surface area contributed by atoms with Gasteiger partial charge < -0.3 is 0 Å². The van der Waals surface area contributed by atoms with Gasteiger partial charge in [0.15, 0.2) is 6.10 Å². The molecule has 150 valence electrons. The molecule has 3 aromatic carbocycles. The molecular weight excluding hydrogens is 559 g/mol. The maximum absolute atomic E-state index is 13.5. The van der Waals surface area contributed by atoms with Crippen LogP contribution in [-0.4, -0.2) is 17.9 Å². The van der Waals surface area contributed by atoms with E-state index in [1.807, 2.05) is 66.7 Å². The van der Waals surface area contributed by atoms with Crippen LogP contribution in [0.15, 0.2) is 83.3 Å². The first-order chi connectivity index (χ1) is 14.5. The topological polar surface area (TPSA) is 49.9 Å². The number of anilines is 2. The first kappa shape index (κ1) is 19.7. The van der Waals surface area contributed by atoms with Crippen LogP contribution in [0.5, 0.6) is 0 Å². The highest BCUT2D eigenvalue weighted by molar-refractivity contribution is 14.1. The molecule has 7 heteroatoms. The van der Waals surface area contributed by atoms with E-state index in [4.69, 9.17) is 4.84 Å². The van der Waals surface area contributed by atoms with E-state index in [0.29, 0.717) is 5.69 Å². The average molecular weight is 575 g/mol. The lowest BCUT2D eigenvalue weighted by Crippen LogP contribution is -2.37. The van der Waals surface area contributed by atoms with Gasteiger partial charge in [-0.05, 0) is 76.7 Å². The summed E-state index contributed by atoms with van der Waals surface area (Å²) in [5.74, 6) is -1.20. The third-order valence-corrected chi connectivity index (χ3v) is 6.61. The summed E-state index contributed by atoms with van der Waals surface area (Å²) in [6.45, 7) is 0. The number of imide groups is 1. The molecule has 0 unspecified atom stereocenters. The van der Waals surface area contributed by atoms with Crippen LogP contribution in [0.3, 0.4) is 0 Å². The first-order valence-corrected chi connectivity index (χ1v) is 11.3. The number of rotatable bonds is 3. The number of fused-ring (bicyclic) bond motifs is 1. The Hall–Kier alpha value is -2.23. The van der Waals surface area contributed by atoms with E-state index in [-0.39, 0.29) is 11.8 Å². The zero-order valence-corrected chi connectivity index (χ0v) is 19.4. The van der Waals surface area contributed by atoms with Gasteiger partial charge in [0.2, 0.25) is 5.91 Å². The monoisotopic (exact) mass is 574 g/mol. The molecule has 3 aromatic rings. The molecule has 5 nitrogen and oxygen atoms in total. The predicted octanol–water partition coefficient (Wildman–Crippen LogP) is 5.10. The molecule has 2 heterocycles. The van der Waals surface area contributed by atoms with Gasteiger partial charge in [0.05, 0.1) is 17.4 Å². The van der Waals surface area contributed by atoms with Crippen LogP contribution in [0, 0.1) is 9.49 Å². The van der Waals surface area contributed by atoms with Crippen LogP contribution in [0.2, 0.25) is 0 Å². The summed E-state index contributed by atoms with van der Waals surface area (Å²) in [5, 5.41) is 1.71. The molecule has 2 amide bonds. The summed E-state index contributed by atoms with van der Waals surface area (Å²) in [6.07, 6.45) is -0.860. The quantitative estimate of drug-likeness (QED) is 0.322. The molecule has 0 bridgehead atoms. The molecule has 3 atom stereocenters. The van der Waals surface area contributed by atoms with Crippen molar-refractivity contribution < 1.29 is 14.4 Å². The van der Waals surface area contributed by atoms with Crippen molar-refractivity contribution in [2.24, 2.45) is 5.92 Å². The van der Waals surface area contributed by atoms with E-state index in [1.165, 1.54) is 4.90 Å². The molecule has 0 aliphatic carbocycles. The number of para-hydroxylation sites is 1. The second-order valence-electron chi connectivity index (χ2n) is 7.20. The van der Waals surface area contributed by atoms with Crippen molar-refractivity contribution >= 4 is 61.7 Å². The molecule has 0 saturated carbocycles. The van der Waals surface area contributed by atoms with Gasteiger partial charge >= 0.3 is 0 Å². The van der Waals surface area contributed by atoms with E-state index in [0.717, 1.165) is 19.3 Å². The van der Waals surface area contributed by atoms with Crippen molar-refractivity contribution in [1.82, 2.24) is 0 Å². The van der Waals surface area contributed by atoms with Crippen LogP contribution >= 0.6 is 38.5 Å². The summed E-state index contributed by atoms with van der Waals surface area (Å²) in [5.41, 5.74) is 2.28. The maximum atomic E-state index is 13.5. The number of hydroxylamine groups is 1. The van der Waals surface area contributed by atoms with Crippen LogP contribution in [0.4, 0.5) is 11.4 Å². The summed E-state index contributed by atoms with van der Waals surface area (Å²) >= 11 is 5.71. The Labute approximate surface area is 195 Å². The lowest BCUT2D eigenvalue weighted by Gasteiger charge is -2.28. The number of carbonyl (C=O) groups excluding carboxylic acids is 2. The van der Waals surface area contributed by atoms with Crippen LogP contribution in [0.1, 0.15) is 11.6 Å². The van der Waals surface area contributed by atoms with Gasteiger partial charge in [-0.3, -0.25) is 14.4 Å². The highest BCUT2D eigenvalue weighted by Crippen LogP contribution is 2.47. The van der Waals surface area contributed by atoms with E-state index in [2.05, 4.69) is 38.5 Å². The normalized spacial score (nSPS) is 23.2. The fourth-order valence-electron chi connectivity index (χ4n) is 4.09. The third-order valence-electron chi connectivity index (χ3n) is 5.40. The second kappa shape index (κ2) is 7.79. The molecule has 0 spiro atoms. The van der Waals surface area contributed by atoms with Crippen molar-refractivity contribution in [2.75, 3.05) is 9.96 Å². The summed E-state index contributed by atoms with van der Waals surface area (Å²) in [6, 6.07) is 24.3. The third kappa shape index (κ3) is 3.25. The standard InChI is InChI=1S/C23H16BrIN2O3/c24-15-6-4-5-14(13-15)20-19-21(30-27(20)18-7-2-1-3-8-18)23(29)26(22(19)28)17-11-9-16(25)10-12-17/h1-13,19-21H/t19-,20+,21+/m0/s1. The van der Waals surface area contributed by atoms with Crippen molar-refractivity contribution in [1.29, 1.82) is 0 Å². The summed E-state index contributed by atoms with van der Waals surface area (Å²) in [7, 11) is 0. The summed E-state index contributed by atoms with van der Waals surface area (Å²) in [4.78, 5) is 34.2. The van der Waals surface area contributed by atoms with E-state index in [1.54, 1.807) is 17.2 Å². The van der Waals surface area contributed by atoms with E-state index < -0.39 is 18.1 Å². The number of nitrogens with zero attached hydrogens (tertiary/aromatic N) is 2. The molecule has 2 fully saturated rings. The Bertz CT molecular complexity index is 1120. The number of amides is 2. The minimum absolute atomic E-state index is 0.241. The van der Waals surface area contributed by atoms with Gasteiger partial charge in [0, 0.05) is 8.04 Å². The number of carbonyl (C=O) groups is 2. The van der Waals surface area contributed by atoms with Gasteiger partial charge in [-0.1, -0.05) is 46.3 Å². The van der Waals surface area contributed by atoms with E-state index >= 15 is 0 Å². The van der Waals surface area contributed by atoms with Crippen LogP contribution < -0.4 is 9.96 Å². The van der Waals surface area contributed by atoms with Gasteiger partial charge in [0.1, 0.15) is 5.92 Å². The fourth-order valence-corrected chi connectivity index (χ4v) is 4.86. The Kier molecular flexibility index (Phi) is 5.12. The maximum Gasteiger partial charge on any atom is 0.266 e. The zero-order chi connectivity index (χ0) is 20.8. The highest BCUT2D eigenvalue weighted by Gasteiger charge is 2.60. The number of benzene rings is 3. The Morgan fingerprint density at radius 3 is 2.27 bits per heavy atom. The molecule has 0 aromatic heterocycles. The largest absolute Gasteiger partial charge is 0.273 e. The van der Waals surface area contributed by atoms with Crippen molar-refractivity contribution in [3.63, 3.8) is 0 Å². The molecule has 2 aliphatic heterocycles. The van der Waals surface area contributed by atoms with E-state index in [9.17, 15) is 9.59 Å². The minimum atomic E-state index is -0.860. The number of halogens is 2. The second-order valence-corrected chi connectivity index (χ2v) is 9.36. The smallest absolute Gasteiger partial charge is 0.266 e. The zero-order valence-electron chi connectivity index (χ0n) is 15.6. The SMILES string of the molecule is O=C1[C@H]2[C@@H](c3cccc(Br)c3)N(c3ccccc3)O[C@H]2C(=O)N1c1ccc(I)cc1. The van der Waals surface area contributed by atoms with Gasteiger partial charge in [-0.25, -0.2) is 9.96 Å². The lowest BCUT2D eigenvalue weighted by molar-refractivity contribution is -0.126. The molecule has 0 radical (unpaired) electrons. The first-order valence-electron chi connectivity index (χ1n) is 9.44. The lowest BCUT2D eigenvalue weighted by atomic mass is 9.90. The van der Waals surface area contributed by atoms with Gasteiger partial charge in [0.25, 0.3) is 5.91 Å². The summed E-state index contributed by atoms with van der Waals surface area (Å²) < 4.78 is 1.94. The Morgan fingerprint density at radius 1 is 0.833 bits per heavy atom. The van der Waals surface area contributed by atoms with Gasteiger partial charge in [-0.15, -0.1) is 0 Å². The van der Waals surface area contributed by atoms with Crippen molar-refractivity contribution in [3.05, 3.63) is 92.5 Å². The average Bonchev–Trinajstić information content (AvgIpc) is 3.26. The number of hydrogen-bond donors (Lipinski definition) is 0.